The number of aromatic nitrogens is 1. The molecule has 0 aliphatic heterocycles. The molecule has 0 spiro atoms. The summed E-state index contributed by atoms with van der Waals surface area (Å²) >= 11 is 12.0. The molecule has 122 valence electrons. The van der Waals surface area contributed by atoms with E-state index in [-0.39, 0.29) is 18.8 Å². The average Bonchev–Trinajstić information content (AvgIpc) is 2.48. The molecule has 0 aliphatic rings. The van der Waals surface area contributed by atoms with Crippen LogP contribution in [0.3, 0.4) is 0 Å². The van der Waals surface area contributed by atoms with Gasteiger partial charge in [0.25, 0.3) is 5.56 Å². The highest BCUT2D eigenvalue weighted by atomic mass is 35.5. The maximum absolute atomic E-state index is 11.7. The second-order valence-electron chi connectivity index (χ2n) is 4.71. The van der Waals surface area contributed by atoms with Crippen LogP contribution in [0.25, 0.3) is 0 Å². The number of ether oxygens (including phenoxy) is 2. The van der Waals surface area contributed by atoms with Crippen LogP contribution in [-0.2, 0) is 16.0 Å². The number of hydrogen-bond donors (Lipinski definition) is 1. The fraction of sp³-hybridized carbons (Fsp3) is 0.250. The van der Waals surface area contributed by atoms with Gasteiger partial charge in [-0.15, -0.1) is 0 Å². The van der Waals surface area contributed by atoms with Crippen molar-refractivity contribution < 1.29 is 14.3 Å². The van der Waals surface area contributed by atoms with Gasteiger partial charge in [0.2, 0.25) is 0 Å². The van der Waals surface area contributed by atoms with E-state index in [9.17, 15) is 9.59 Å². The van der Waals surface area contributed by atoms with Crippen LogP contribution >= 0.6 is 23.2 Å². The van der Waals surface area contributed by atoms with Crippen LogP contribution in [0.1, 0.15) is 18.2 Å². The lowest BCUT2D eigenvalue weighted by atomic mass is 10.1. The van der Waals surface area contributed by atoms with Gasteiger partial charge in [-0.05, 0) is 24.6 Å². The number of benzene rings is 1. The largest absolute Gasteiger partial charge is 0.482 e. The lowest BCUT2D eigenvalue weighted by Gasteiger charge is -2.08. The van der Waals surface area contributed by atoms with Gasteiger partial charge >= 0.3 is 5.97 Å². The number of nitrogens with one attached hydrogen (secondary N) is 1. The quantitative estimate of drug-likeness (QED) is 0.807. The Morgan fingerprint density at radius 1 is 1.22 bits per heavy atom. The van der Waals surface area contributed by atoms with Crippen LogP contribution in [0.5, 0.6) is 5.75 Å². The Labute approximate surface area is 143 Å². The SMILES string of the molecule is CCOC(=O)COc1cc(Cc2ccc(Cl)cc2Cl)[nH]c(=O)c1. The fourth-order valence-electron chi connectivity index (χ4n) is 1.97. The van der Waals surface area contributed by atoms with Gasteiger partial charge < -0.3 is 14.5 Å². The summed E-state index contributed by atoms with van der Waals surface area (Å²) in [5.41, 5.74) is 1.10. The molecule has 5 nitrogen and oxygen atoms in total. The van der Waals surface area contributed by atoms with E-state index >= 15 is 0 Å². The minimum Gasteiger partial charge on any atom is -0.482 e. The maximum atomic E-state index is 11.7. The molecule has 0 radical (unpaired) electrons. The molecule has 1 aromatic heterocycles. The number of carbonyl (C=O) groups is 1. The molecule has 0 unspecified atom stereocenters. The number of esters is 1. The molecule has 0 aliphatic carbocycles. The predicted octanol–water partition coefficient (Wildman–Crippen LogP) is 3.21. The van der Waals surface area contributed by atoms with Crippen molar-refractivity contribution in [2.75, 3.05) is 13.2 Å². The van der Waals surface area contributed by atoms with E-state index < -0.39 is 5.97 Å². The number of hydrogen-bond acceptors (Lipinski definition) is 4. The van der Waals surface area contributed by atoms with Gasteiger partial charge in [0.1, 0.15) is 5.75 Å². The summed E-state index contributed by atoms with van der Waals surface area (Å²) < 4.78 is 10.0. The highest BCUT2D eigenvalue weighted by molar-refractivity contribution is 6.35. The Morgan fingerprint density at radius 3 is 2.70 bits per heavy atom. The number of pyridine rings is 1. The van der Waals surface area contributed by atoms with E-state index in [1.807, 2.05) is 0 Å². The van der Waals surface area contributed by atoms with Gasteiger partial charge in [-0.25, -0.2) is 4.79 Å². The zero-order valence-corrected chi connectivity index (χ0v) is 13.9. The summed E-state index contributed by atoms with van der Waals surface area (Å²) in [4.78, 5) is 25.7. The highest BCUT2D eigenvalue weighted by Crippen LogP contribution is 2.23. The van der Waals surface area contributed by atoms with Gasteiger partial charge in [0, 0.05) is 34.3 Å². The minimum atomic E-state index is -0.491. The van der Waals surface area contributed by atoms with Crippen LogP contribution in [0, 0.1) is 0 Å². The molecule has 1 heterocycles. The Hall–Kier alpha value is -1.98. The van der Waals surface area contributed by atoms with Crippen molar-refractivity contribution in [1.29, 1.82) is 0 Å². The first kappa shape index (κ1) is 17.4. The molecule has 2 aromatic rings. The molecule has 0 atom stereocenters. The van der Waals surface area contributed by atoms with Gasteiger partial charge in [0.15, 0.2) is 6.61 Å². The second kappa shape index (κ2) is 8.04. The first-order valence-electron chi connectivity index (χ1n) is 6.93. The van der Waals surface area contributed by atoms with E-state index in [0.717, 1.165) is 5.56 Å². The molecule has 0 fully saturated rings. The number of rotatable bonds is 6. The molecule has 1 aromatic carbocycles. The summed E-state index contributed by atoms with van der Waals surface area (Å²) in [6.45, 7) is 1.73. The molecule has 2 rings (SSSR count). The summed E-state index contributed by atoms with van der Waals surface area (Å²) in [6, 6.07) is 8.06. The van der Waals surface area contributed by atoms with Crippen LogP contribution in [0.15, 0.2) is 35.1 Å². The normalized spacial score (nSPS) is 10.4. The van der Waals surface area contributed by atoms with E-state index in [0.29, 0.717) is 27.9 Å². The third-order valence-electron chi connectivity index (χ3n) is 2.93. The van der Waals surface area contributed by atoms with Crippen LogP contribution in [0.2, 0.25) is 10.0 Å². The van der Waals surface area contributed by atoms with Gasteiger partial charge in [-0.1, -0.05) is 29.3 Å². The fourth-order valence-corrected chi connectivity index (χ4v) is 2.44. The molecular formula is C16H15Cl2NO4. The number of aromatic amines is 1. The molecule has 0 saturated heterocycles. The van der Waals surface area contributed by atoms with Crippen molar-refractivity contribution in [3.05, 3.63) is 62.0 Å². The number of carbonyl (C=O) groups excluding carboxylic acids is 1. The summed E-state index contributed by atoms with van der Waals surface area (Å²) in [5, 5.41) is 1.05. The van der Waals surface area contributed by atoms with Gasteiger partial charge in [-0.2, -0.15) is 0 Å². The molecule has 1 N–H and O–H groups in total. The summed E-state index contributed by atoms with van der Waals surface area (Å²) in [7, 11) is 0. The standard InChI is InChI=1S/C16H15Cl2NO4/c1-2-22-16(21)9-23-13-7-12(19-15(20)8-13)5-10-3-4-11(17)6-14(10)18/h3-4,6-8H,2,5,9H2,1H3,(H,19,20). The number of halogens is 2. The van der Waals surface area contributed by atoms with Crippen LogP contribution < -0.4 is 10.3 Å². The Bertz CT molecular complexity index is 758. The predicted molar refractivity (Wildman–Crippen MR) is 88.5 cm³/mol. The van der Waals surface area contributed by atoms with Gasteiger partial charge in [-0.3, -0.25) is 4.79 Å². The first-order valence-corrected chi connectivity index (χ1v) is 7.69. The molecule has 0 bridgehead atoms. The van der Waals surface area contributed by atoms with E-state index in [4.69, 9.17) is 32.7 Å². The summed E-state index contributed by atoms with van der Waals surface area (Å²) in [5.74, 6) is -0.197. The highest BCUT2D eigenvalue weighted by Gasteiger charge is 2.08. The topological polar surface area (TPSA) is 68.4 Å². The zero-order chi connectivity index (χ0) is 16.8. The minimum absolute atomic E-state index is 0.252. The third-order valence-corrected chi connectivity index (χ3v) is 3.52. The monoisotopic (exact) mass is 355 g/mol. The van der Waals surface area contributed by atoms with Gasteiger partial charge in [0.05, 0.1) is 6.61 Å². The number of H-pyrrole nitrogens is 1. The van der Waals surface area contributed by atoms with E-state index in [2.05, 4.69) is 4.98 Å². The van der Waals surface area contributed by atoms with Crippen molar-refractivity contribution in [3.63, 3.8) is 0 Å². The first-order chi connectivity index (χ1) is 11.0. The smallest absolute Gasteiger partial charge is 0.344 e. The lowest BCUT2D eigenvalue weighted by Crippen LogP contribution is -2.16. The van der Waals surface area contributed by atoms with E-state index in [1.54, 1.807) is 31.2 Å². The van der Waals surface area contributed by atoms with Crippen molar-refractivity contribution in [2.45, 2.75) is 13.3 Å². The molecule has 0 amide bonds. The molecule has 23 heavy (non-hydrogen) atoms. The third kappa shape index (κ3) is 5.30. The molecule has 0 saturated carbocycles. The second-order valence-corrected chi connectivity index (χ2v) is 5.56. The zero-order valence-electron chi connectivity index (χ0n) is 12.4. The molecule has 7 heteroatoms. The van der Waals surface area contributed by atoms with Crippen molar-refractivity contribution in [3.8, 4) is 5.75 Å². The van der Waals surface area contributed by atoms with Crippen LogP contribution in [0.4, 0.5) is 0 Å². The van der Waals surface area contributed by atoms with Crippen molar-refractivity contribution in [2.24, 2.45) is 0 Å². The van der Waals surface area contributed by atoms with Crippen LogP contribution in [-0.4, -0.2) is 24.2 Å². The van der Waals surface area contributed by atoms with Crippen molar-refractivity contribution in [1.82, 2.24) is 4.98 Å². The molecular weight excluding hydrogens is 341 g/mol. The lowest BCUT2D eigenvalue weighted by molar-refractivity contribution is -0.145. The summed E-state index contributed by atoms with van der Waals surface area (Å²) in [6.07, 6.45) is 0.405. The maximum Gasteiger partial charge on any atom is 0.344 e. The Balaban J connectivity index is 2.13. The Kier molecular flexibility index (Phi) is 6.07. The Morgan fingerprint density at radius 2 is 2.00 bits per heavy atom. The average molecular weight is 356 g/mol. The van der Waals surface area contributed by atoms with Crippen molar-refractivity contribution >= 4 is 29.2 Å². The van der Waals surface area contributed by atoms with E-state index in [1.165, 1.54) is 6.07 Å².